The highest BCUT2D eigenvalue weighted by Gasteiger charge is 2.43. The van der Waals surface area contributed by atoms with Crippen LogP contribution in [0, 0.1) is 26.7 Å². The molecule has 2 heterocycles. The van der Waals surface area contributed by atoms with Crippen LogP contribution in [0.4, 0.5) is 0 Å². The molecule has 1 atom stereocenters. The second-order valence-electron chi connectivity index (χ2n) is 10.6. The molecular formula is C32H33NO4. The van der Waals surface area contributed by atoms with Crippen molar-refractivity contribution in [3.8, 4) is 5.75 Å². The summed E-state index contributed by atoms with van der Waals surface area (Å²) in [5.41, 5.74) is 5.51. The van der Waals surface area contributed by atoms with E-state index < -0.39 is 6.04 Å². The Morgan fingerprint density at radius 3 is 2.43 bits per heavy atom. The SMILES string of the molecule is Cc1ccc(CN2C(=O)c3oc4cc(C)cc(C)c4c(=O)c3C2c2cccc(OCCC(C)C)c2)cc1. The summed E-state index contributed by atoms with van der Waals surface area (Å²) in [5.74, 6) is 1.12. The zero-order valence-corrected chi connectivity index (χ0v) is 22.1. The highest BCUT2D eigenvalue weighted by Crippen LogP contribution is 2.40. The third-order valence-corrected chi connectivity index (χ3v) is 7.02. The van der Waals surface area contributed by atoms with Crippen LogP contribution in [-0.2, 0) is 6.54 Å². The predicted molar refractivity (Wildman–Crippen MR) is 146 cm³/mol. The molecule has 1 aliphatic heterocycles. The standard InChI is InChI=1S/C32H33NO4/c1-19(2)13-14-36-25-8-6-7-24(17-25)29-28-30(34)27-22(5)15-21(4)16-26(27)37-31(28)32(35)33(29)18-23-11-9-20(3)10-12-23/h6-12,15-17,19,29H,13-14,18H2,1-5H3. The van der Waals surface area contributed by atoms with Crippen LogP contribution in [0.1, 0.15) is 70.2 Å². The summed E-state index contributed by atoms with van der Waals surface area (Å²) in [6.45, 7) is 11.2. The van der Waals surface area contributed by atoms with Gasteiger partial charge in [-0.2, -0.15) is 0 Å². The van der Waals surface area contributed by atoms with Crippen molar-refractivity contribution in [3.63, 3.8) is 0 Å². The van der Waals surface area contributed by atoms with E-state index in [0.717, 1.165) is 40.0 Å². The van der Waals surface area contributed by atoms with Crippen LogP contribution >= 0.6 is 0 Å². The first-order chi connectivity index (χ1) is 17.7. The number of carbonyl (C=O) groups excluding carboxylic acids is 1. The van der Waals surface area contributed by atoms with Gasteiger partial charge in [-0.1, -0.05) is 61.9 Å². The van der Waals surface area contributed by atoms with Crippen molar-refractivity contribution in [2.75, 3.05) is 6.61 Å². The van der Waals surface area contributed by atoms with Crippen molar-refractivity contribution < 1.29 is 13.9 Å². The Balaban J connectivity index is 1.65. The topological polar surface area (TPSA) is 59.8 Å². The van der Waals surface area contributed by atoms with E-state index in [0.29, 0.717) is 35.6 Å². The van der Waals surface area contributed by atoms with Crippen molar-refractivity contribution in [3.05, 3.63) is 110 Å². The molecule has 5 nitrogen and oxygen atoms in total. The molecule has 0 radical (unpaired) electrons. The van der Waals surface area contributed by atoms with Crippen LogP contribution in [0.3, 0.4) is 0 Å². The molecule has 0 spiro atoms. The molecule has 37 heavy (non-hydrogen) atoms. The molecule has 0 saturated heterocycles. The van der Waals surface area contributed by atoms with E-state index >= 15 is 0 Å². The monoisotopic (exact) mass is 495 g/mol. The lowest BCUT2D eigenvalue weighted by molar-refractivity contribution is 0.0714. The molecule has 1 aliphatic rings. The second kappa shape index (κ2) is 9.89. The number of rotatable bonds is 7. The lowest BCUT2D eigenvalue weighted by atomic mass is 9.96. The Kier molecular flexibility index (Phi) is 6.63. The van der Waals surface area contributed by atoms with Crippen LogP contribution in [0.2, 0.25) is 0 Å². The van der Waals surface area contributed by atoms with Crippen molar-refractivity contribution in [2.24, 2.45) is 5.92 Å². The summed E-state index contributed by atoms with van der Waals surface area (Å²) in [6.07, 6.45) is 0.947. The van der Waals surface area contributed by atoms with Crippen molar-refractivity contribution in [2.45, 2.75) is 53.6 Å². The molecule has 190 valence electrons. The molecule has 0 bridgehead atoms. The minimum absolute atomic E-state index is 0.130. The minimum atomic E-state index is -0.571. The Morgan fingerprint density at radius 2 is 1.70 bits per heavy atom. The normalized spacial score (nSPS) is 15.0. The van der Waals surface area contributed by atoms with E-state index in [-0.39, 0.29) is 17.1 Å². The van der Waals surface area contributed by atoms with Crippen molar-refractivity contribution >= 4 is 16.9 Å². The molecule has 5 heteroatoms. The molecule has 5 rings (SSSR count). The summed E-state index contributed by atoms with van der Waals surface area (Å²) < 4.78 is 12.2. The van der Waals surface area contributed by atoms with Gasteiger partial charge in [-0.05, 0) is 73.6 Å². The highest BCUT2D eigenvalue weighted by atomic mass is 16.5. The third kappa shape index (κ3) is 4.78. The van der Waals surface area contributed by atoms with Crippen LogP contribution in [0.25, 0.3) is 11.0 Å². The molecule has 0 fully saturated rings. The molecule has 0 N–H and O–H groups in total. The van der Waals surface area contributed by atoms with E-state index in [4.69, 9.17) is 9.15 Å². The van der Waals surface area contributed by atoms with Gasteiger partial charge < -0.3 is 14.1 Å². The van der Waals surface area contributed by atoms with Gasteiger partial charge in [0.25, 0.3) is 5.91 Å². The van der Waals surface area contributed by atoms with Gasteiger partial charge in [-0.3, -0.25) is 9.59 Å². The number of nitrogens with zero attached hydrogens (tertiary/aromatic N) is 1. The molecule has 0 aliphatic carbocycles. The quantitative estimate of drug-likeness (QED) is 0.280. The molecule has 1 unspecified atom stereocenters. The maximum absolute atomic E-state index is 14.0. The number of benzene rings is 3. The number of hydrogen-bond acceptors (Lipinski definition) is 4. The predicted octanol–water partition coefficient (Wildman–Crippen LogP) is 6.89. The van der Waals surface area contributed by atoms with Crippen LogP contribution in [0.5, 0.6) is 5.75 Å². The van der Waals surface area contributed by atoms with E-state index in [1.54, 1.807) is 4.90 Å². The molecule has 4 aromatic rings. The number of ether oxygens (including phenoxy) is 1. The number of carbonyl (C=O) groups is 1. The number of hydrogen-bond donors (Lipinski definition) is 0. The summed E-state index contributed by atoms with van der Waals surface area (Å²) in [5, 5.41) is 0.531. The summed E-state index contributed by atoms with van der Waals surface area (Å²) >= 11 is 0. The lowest BCUT2D eigenvalue weighted by Crippen LogP contribution is -2.29. The second-order valence-corrected chi connectivity index (χ2v) is 10.6. The number of amides is 1. The van der Waals surface area contributed by atoms with E-state index in [9.17, 15) is 9.59 Å². The van der Waals surface area contributed by atoms with Gasteiger partial charge >= 0.3 is 0 Å². The summed E-state index contributed by atoms with van der Waals surface area (Å²) in [4.78, 5) is 29.5. The van der Waals surface area contributed by atoms with Crippen LogP contribution in [-0.4, -0.2) is 17.4 Å². The number of fused-ring (bicyclic) bond motifs is 2. The molecule has 3 aromatic carbocycles. The third-order valence-electron chi connectivity index (χ3n) is 7.02. The van der Waals surface area contributed by atoms with Gasteiger partial charge in [-0.25, -0.2) is 0 Å². The van der Waals surface area contributed by atoms with Gasteiger partial charge in [0.15, 0.2) is 5.43 Å². The van der Waals surface area contributed by atoms with Crippen molar-refractivity contribution in [1.82, 2.24) is 4.90 Å². The number of aryl methyl sites for hydroxylation is 3. The first kappa shape index (κ1) is 24.8. The average molecular weight is 496 g/mol. The average Bonchev–Trinajstić information content (AvgIpc) is 3.12. The van der Waals surface area contributed by atoms with Gasteiger partial charge in [0.2, 0.25) is 5.76 Å². The van der Waals surface area contributed by atoms with Gasteiger partial charge in [0.1, 0.15) is 11.3 Å². The Hall–Kier alpha value is -3.86. The molecule has 1 amide bonds. The van der Waals surface area contributed by atoms with E-state index in [1.807, 2.05) is 81.4 Å². The fourth-order valence-electron chi connectivity index (χ4n) is 5.10. The minimum Gasteiger partial charge on any atom is -0.494 e. The maximum atomic E-state index is 14.0. The zero-order chi connectivity index (χ0) is 26.3. The fraction of sp³-hybridized carbons (Fsp3) is 0.312. The van der Waals surface area contributed by atoms with E-state index in [2.05, 4.69) is 13.8 Å². The Labute approximate surface area is 217 Å². The van der Waals surface area contributed by atoms with Crippen LogP contribution in [0.15, 0.2) is 69.9 Å². The van der Waals surface area contributed by atoms with E-state index in [1.165, 1.54) is 0 Å². The van der Waals surface area contributed by atoms with Crippen molar-refractivity contribution in [1.29, 1.82) is 0 Å². The fourth-order valence-corrected chi connectivity index (χ4v) is 5.10. The molecule has 1 aromatic heterocycles. The lowest BCUT2D eigenvalue weighted by Gasteiger charge is -2.25. The molecular weight excluding hydrogens is 462 g/mol. The van der Waals surface area contributed by atoms with Crippen LogP contribution < -0.4 is 10.2 Å². The highest BCUT2D eigenvalue weighted by molar-refractivity contribution is 5.99. The smallest absolute Gasteiger partial charge is 0.291 e. The van der Waals surface area contributed by atoms with Gasteiger partial charge in [0, 0.05) is 6.54 Å². The summed E-state index contributed by atoms with van der Waals surface area (Å²) in [6, 6.07) is 19.1. The molecule has 0 saturated carbocycles. The maximum Gasteiger partial charge on any atom is 0.291 e. The Bertz CT molecular complexity index is 1530. The first-order valence-corrected chi connectivity index (χ1v) is 12.9. The largest absolute Gasteiger partial charge is 0.494 e. The first-order valence-electron chi connectivity index (χ1n) is 12.9. The van der Waals surface area contributed by atoms with Gasteiger partial charge in [-0.15, -0.1) is 0 Å². The van der Waals surface area contributed by atoms with Gasteiger partial charge in [0.05, 0.1) is 23.6 Å². The Morgan fingerprint density at radius 1 is 0.946 bits per heavy atom. The summed E-state index contributed by atoms with van der Waals surface area (Å²) in [7, 11) is 0. The zero-order valence-electron chi connectivity index (χ0n) is 22.1.